The van der Waals surface area contributed by atoms with Crippen molar-refractivity contribution in [2.75, 3.05) is 0 Å². The van der Waals surface area contributed by atoms with Crippen molar-refractivity contribution in [2.45, 2.75) is 12.4 Å². The fourth-order valence-electron chi connectivity index (χ4n) is 2.18. The summed E-state index contributed by atoms with van der Waals surface area (Å²) in [7, 11) is 0. The molecule has 3 aromatic rings. The number of fused-ring (bicyclic) bond motifs is 1. The monoisotopic (exact) mass is 330 g/mol. The van der Waals surface area contributed by atoms with E-state index in [4.69, 9.17) is 0 Å². The summed E-state index contributed by atoms with van der Waals surface area (Å²) in [5, 5.41) is 0. The van der Waals surface area contributed by atoms with E-state index in [1.165, 1.54) is 0 Å². The first-order chi connectivity index (χ1) is 10.6. The molecule has 0 aliphatic rings. The van der Waals surface area contributed by atoms with Gasteiger partial charge in [-0.1, -0.05) is 12.1 Å². The number of aromatic amines is 1. The number of alkyl halides is 6. The van der Waals surface area contributed by atoms with E-state index in [0.29, 0.717) is 23.2 Å². The molecule has 1 aromatic heterocycles. The third-order valence-electron chi connectivity index (χ3n) is 3.25. The highest BCUT2D eigenvalue weighted by molar-refractivity contribution is 5.79. The molecule has 1 N–H and O–H groups in total. The van der Waals surface area contributed by atoms with Crippen LogP contribution in [0.15, 0.2) is 42.5 Å². The largest absolute Gasteiger partial charge is 0.416 e. The first kappa shape index (κ1) is 15.4. The number of H-pyrrole nitrogens is 1. The number of hydrogen-bond donors (Lipinski definition) is 1. The normalized spacial score (nSPS) is 12.8. The van der Waals surface area contributed by atoms with E-state index in [1.807, 2.05) is 0 Å². The van der Waals surface area contributed by atoms with Crippen LogP contribution in [0.2, 0.25) is 0 Å². The van der Waals surface area contributed by atoms with Crippen LogP contribution >= 0.6 is 0 Å². The van der Waals surface area contributed by atoms with Crippen LogP contribution in [0.1, 0.15) is 11.1 Å². The molecule has 120 valence electrons. The Hall–Kier alpha value is -2.51. The molecule has 0 amide bonds. The highest BCUT2D eigenvalue weighted by Gasteiger charge is 2.37. The van der Waals surface area contributed by atoms with E-state index in [0.717, 1.165) is 0 Å². The van der Waals surface area contributed by atoms with Crippen molar-refractivity contribution >= 4 is 11.0 Å². The van der Waals surface area contributed by atoms with Crippen LogP contribution in [-0.2, 0) is 12.4 Å². The lowest BCUT2D eigenvalue weighted by atomic mass is 10.0. The third-order valence-corrected chi connectivity index (χ3v) is 3.25. The minimum Gasteiger partial charge on any atom is -0.338 e. The van der Waals surface area contributed by atoms with E-state index in [9.17, 15) is 26.3 Å². The predicted octanol–water partition coefficient (Wildman–Crippen LogP) is 5.27. The van der Waals surface area contributed by atoms with Gasteiger partial charge in [-0.15, -0.1) is 0 Å². The van der Waals surface area contributed by atoms with E-state index >= 15 is 0 Å². The van der Waals surface area contributed by atoms with Gasteiger partial charge in [0, 0.05) is 5.56 Å². The number of imidazole rings is 1. The highest BCUT2D eigenvalue weighted by Crippen LogP contribution is 2.38. The predicted molar refractivity (Wildman–Crippen MR) is 71.5 cm³/mol. The molecule has 0 fully saturated rings. The smallest absolute Gasteiger partial charge is 0.338 e. The molecular weight excluding hydrogens is 322 g/mol. The number of nitrogens with one attached hydrogen (secondary N) is 1. The molecular formula is C15H8F6N2. The van der Waals surface area contributed by atoms with Gasteiger partial charge >= 0.3 is 12.4 Å². The Morgan fingerprint density at radius 2 is 1.35 bits per heavy atom. The maximum atomic E-state index is 12.9. The Bertz CT molecular complexity index is 795. The molecule has 2 nitrogen and oxygen atoms in total. The summed E-state index contributed by atoms with van der Waals surface area (Å²) in [5.74, 6) is -0.0530. The summed E-state index contributed by atoms with van der Waals surface area (Å²) in [6, 6.07) is 7.96. The number of nitrogens with zero attached hydrogens (tertiary/aromatic N) is 1. The molecule has 3 rings (SSSR count). The first-order valence-electron chi connectivity index (χ1n) is 6.39. The van der Waals surface area contributed by atoms with Gasteiger partial charge in [0.25, 0.3) is 0 Å². The fraction of sp³-hybridized carbons (Fsp3) is 0.133. The lowest BCUT2D eigenvalue weighted by molar-refractivity contribution is -0.143. The highest BCUT2D eigenvalue weighted by atomic mass is 19.4. The Labute approximate surface area is 125 Å². The molecule has 0 bridgehead atoms. The van der Waals surface area contributed by atoms with E-state index in [1.54, 1.807) is 24.3 Å². The Morgan fingerprint density at radius 1 is 0.783 bits per heavy atom. The van der Waals surface area contributed by atoms with Crippen molar-refractivity contribution in [1.29, 1.82) is 0 Å². The van der Waals surface area contributed by atoms with Gasteiger partial charge < -0.3 is 4.98 Å². The van der Waals surface area contributed by atoms with E-state index < -0.39 is 23.5 Å². The van der Waals surface area contributed by atoms with Gasteiger partial charge in [0.1, 0.15) is 5.82 Å². The van der Waals surface area contributed by atoms with Crippen molar-refractivity contribution in [3.05, 3.63) is 53.6 Å². The average molecular weight is 330 g/mol. The van der Waals surface area contributed by atoms with Gasteiger partial charge in [-0.2, -0.15) is 26.3 Å². The van der Waals surface area contributed by atoms with Crippen molar-refractivity contribution in [3.63, 3.8) is 0 Å². The molecule has 0 saturated carbocycles. The zero-order valence-electron chi connectivity index (χ0n) is 11.3. The van der Waals surface area contributed by atoms with Gasteiger partial charge in [0.15, 0.2) is 0 Å². The van der Waals surface area contributed by atoms with Crippen LogP contribution in [0, 0.1) is 0 Å². The van der Waals surface area contributed by atoms with Crippen molar-refractivity contribution in [3.8, 4) is 11.4 Å². The summed E-state index contributed by atoms with van der Waals surface area (Å²) in [6.45, 7) is 0. The van der Waals surface area contributed by atoms with Gasteiger partial charge in [-0.3, -0.25) is 0 Å². The summed E-state index contributed by atoms with van der Waals surface area (Å²) in [4.78, 5) is 6.76. The minimum atomic E-state index is -4.89. The molecule has 0 radical (unpaired) electrons. The SMILES string of the molecule is FC(F)(F)c1cc(-c2nc3ccccc3[nH]2)cc(C(F)(F)F)c1. The van der Waals surface area contributed by atoms with E-state index in [2.05, 4.69) is 9.97 Å². The van der Waals surface area contributed by atoms with Crippen LogP contribution in [0.4, 0.5) is 26.3 Å². The van der Waals surface area contributed by atoms with Crippen LogP contribution in [0.5, 0.6) is 0 Å². The molecule has 8 heteroatoms. The molecule has 0 aliphatic carbocycles. The minimum absolute atomic E-state index is 0.0530. The van der Waals surface area contributed by atoms with Gasteiger partial charge in [-0.05, 0) is 30.3 Å². The van der Waals surface area contributed by atoms with Crippen molar-refractivity contribution in [2.24, 2.45) is 0 Å². The summed E-state index contributed by atoms with van der Waals surface area (Å²) < 4.78 is 77.1. The number of aromatic nitrogens is 2. The lowest BCUT2D eigenvalue weighted by Gasteiger charge is -2.13. The third kappa shape index (κ3) is 3.01. The number of rotatable bonds is 1. The fourth-order valence-corrected chi connectivity index (χ4v) is 2.18. The lowest BCUT2D eigenvalue weighted by Crippen LogP contribution is -2.11. The van der Waals surface area contributed by atoms with E-state index in [-0.39, 0.29) is 17.5 Å². The van der Waals surface area contributed by atoms with Crippen LogP contribution < -0.4 is 0 Å². The summed E-state index contributed by atoms with van der Waals surface area (Å²) >= 11 is 0. The first-order valence-corrected chi connectivity index (χ1v) is 6.39. The van der Waals surface area contributed by atoms with Gasteiger partial charge in [-0.25, -0.2) is 4.98 Å². The number of hydrogen-bond acceptors (Lipinski definition) is 1. The van der Waals surface area contributed by atoms with Crippen LogP contribution in [-0.4, -0.2) is 9.97 Å². The molecule has 2 aromatic carbocycles. The quantitative estimate of drug-likeness (QED) is 0.605. The van der Waals surface area contributed by atoms with Crippen LogP contribution in [0.25, 0.3) is 22.4 Å². The second kappa shape index (κ2) is 5.00. The summed E-state index contributed by atoms with van der Waals surface area (Å²) in [6.07, 6.45) is -9.77. The van der Waals surface area contributed by atoms with Crippen molar-refractivity contribution in [1.82, 2.24) is 9.97 Å². The van der Waals surface area contributed by atoms with Gasteiger partial charge in [0.2, 0.25) is 0 Å². The molecule has 23 heavy (non-hydrogen) atoms. The maximum Gasteiger partial charge on any atom is 0.416 e. The van der Waals surface area contributed by atoms with Gasteiger partial charge in [0.05, 0.1) is 22.2 Å². The zero-order valence-corrected chi connectivity index (χ0v) is 11.3. The topological polar surface area (TPSA) is 28.7 Å². The molecule has 0 unspecified atom stereocenters. The van der Waals surface area contributed by atoms with Crippen molar-refractivity contribution < 1.29 is 26.3 Å². The maximum absolute atomic E-state index is 12.9. The number of benzene rings is 2. The summed E-state index contributed by atoms with van der Waals surface area (Å²) in [5.41, 5.74) is -2.05. The molecule has 0 aliphatic heterocycles. The standard InChI is InChI=1S/C15H8F6N2/c16-14(17,18)9-5-8(6-10(7-9)15(19,20)21)13-22-11-3-1-2-4-12(11)23-13/h1-7H,(H,22,23). The Balaban J connectivity index is 2.21. The zero-order chi connectivity index (χ0) is 16.8. The Kier molecular flexibility index (Phi) is 3.35. The molecule has 0 saturated heterocycles. The Morgan fingerprint density at radius 3 is 1.87 bits per heavy atom. The molecule has 0 atom stereocenters. The average Bonchev–Trinajstić information content (AvgIpc) is 2.89. The molecule has 1 heterocycles. The molecule has 0 spiro atoms. The second-order valence-electron chi connectivity index (χ2n) is 4.90. The number of halogens is 6. The second-order valence-corrected chi connectivity index (χ2v) is 4.90. The van der Waals surface area contributed by atoms with Crippen LogP contribution in [0.3, 0.4) is 0 Å². The number of para-hydroxylation sites is 2.